The molecule has 1 unspecified atom stereocenters. The molecule has 0 heterocycles. The molecule has 21 heavy (non-hydrogen) atoms. The van der Waals surface area contributed by atoms with E-state index in [1.165, 1.54) is 18.6 Å². The lowest BCUT2D eigenvalue weighted by Crippen LogP contribution is -2.36. The van der Waals surface area contributed by atoms with Crippen LogP contribution in [0.5, 0.6) is 0 Å². The quantitative estimate of drug-likeness (QED) is 0.819. The Balaban J connectivity index is 2.31. The molecule has 0 radical (unpaired) electrons. The summed E-state index contributed by atoms with van der Waals surface area (Å²) in [5.74, 6) is 0. The van der Waals surface area contributed by atoms with Crippen LogP contribution in [0.2, 0.25) is 0 Å². The molecule has 1 saturated carbocycles. The molecule has 1 aromatic rings. The predicted molar refractivity (Wildman–Crippen MR) is 74.4 cm³/mol. The van der Waals surface area contributed by atoms with Crippen LogP contribution in [0.3, 0.4) is 0 Å². The van der Waals surface area contributed by atoms with Gasteiger partial charge in [-0.1, -0.05) is 37.5 Å². The van der Waals surface area contributed by atoms with E-state index in [4.69, 9.17) is 0 Å². The van der Waals surface area contributed by atoms with Crippen LogP contribution in [-0.2, 0) is 6.18 Å². The third-order valence-electron chi connectivity index (χ3n) is 4.24. The van der Waals surface area contributed by atoms with Crippen molar-refractivity contribution in [2.75, 3.05) is 7.05 Å². The Kier molecular flexibility index (Phi) is 4.89. The minimum Gasteiger partial charge on any atom is -0.284 e. The fourth-order valence-electron chi connectivity index (χ4n) is 3.07. The molecule has 1 aliphatic rings. The lowest BCUT2D eigenvalue weighted by Gasteiger charge is -2.35. The highest BCUT2D eigenvalue weighted by Crippen LogP contribution is 2.37. The Bertz CT molecular complexity index is 513. The molecule has 0 N–H and O–H groups in total. The first kappa shape index (κ1) is 15.8. The molecule has 114 valence electrons. The van der Waals surface area contributed by atoms with Gasteiger partial charge >= 0.3 is 6.18 Å². The van der Waals surface area contributed by atoms with Gasteiger partial charge in [0.15, 0.2) is 0 Å². The van der Waals surface area contributed by atoms with Crippen molar-refractivity contribution in [1.29, 1.82) is 5.26 Å². The van der Waals surface area contributed by atoms with E-state index in [1.54, 1.807) is 13.1 Å². The number of rotatable bonds is 3. The molecule has 1 aliphatic carbocycles. The molecular weight excluding hydrogens is 277 g/mol. The summed E-state index contributed by atoms with van der Waals surface area (Å²) in [5, 5.41) is 9.41. The highest BCUT2D eigenvalue weighted by atomic mass is 19.4. The van der Waals surface area contributed by atoms with Gasteiger partial charge in [0.05, 0.1) is 11.6 Å². The number of hydrogen-bond donors (Lipinski definition) is 0. The number of nitriles is 1. The Hall–Kier alpha value is -1.54. The molecule has 0 aliphatic heterocycles. The van der Waals surface area contributed by atoms with Crippen LogP contribution in [-0.4, -0.2) is 18.0 Å². The molecule has 1 atom stereocenters. The molecule has 5 heteroatoms. The summed E-state index contributed by atoms with van der Waals surface area (Å²) in [7, 11) is 1.76. The second kappa shape index (κ2) is 6.48. The molecule has 2 rings (SSSR count). The summed E-state index contributed by atoms with van der Waals surface area (Å²) in [4.78, 5) is 1.81. The van der Waals surface area contributed by atoms with Crippen molar-refractivity contribution in [3.05, 3.63) is 35.4 Å². The van der Waals surface area contributed by atoms with E-state index < -0.39 is 17.8 Å². The number of alkyl halides is 3. The highest BCUT2D eigenvalue weighted by Gasteiger charge is 2.37. The normalized spacial score (nSPS) is 18.5. The lowest BCUT2D eigenvalue weighted by molar-refractivity contribution is -0.138. The maximum atomic E-state index is 13.1. The number of halogens is 3. The summed E-state index contributed by atoms with van der Waals surface area (Å²) in [5.41, 5.74) is -0.653. The lowest BCUT2D eigenvalue weighted by atomic mass is 9.91. The zero-order valence-corrected chi connectivity index (χ0v) is 12.0. The maximum Gasteiger partial charge on any atom is 0.416 e. The van der Waals surface area contributed by atoms with Gasteiger partial charge in [0.1, 0.15) is 6.04 Å². The van der Waals surface area contributed by atoms with E-state index in [0.29, 0.717) is 0 Å². The third-order valence-corrected chi connectivity index (χ3v) is 4.24. The Labute approximate surface area is 123 Å². The van der Waals surface area contributed by atoms with Crippen LogP contribution < -0.4 is 0 Å². The van der Waals surface area contributed by atoms with Crippen molar-refractivity contribution in [3.63, 3.8) is 0 Å². The fourth-order valence-corrected chi connectivity index (χ4v) is 3.07. The Morgan fingerprint density at radius 3 is 2.38 bits per heavy atom. The van der Waals surface area contributed by atoms with E-state index in [1.807, 2.05) is 4.90 Å². The van der Waals surface area contributed by atoms with Crippen molar-refractivity contribution >= 4 is 0 Å². The zero-order chi connectivity index (χ0) is 15.5. The van der Waals surface area contributed by atoms with Crippen LogP contribution in [0.4, 0.5) is 13.2 Å². The van der Waals surface area contributed by atoms with Gasteiger partial charge in [0.25, 0.3) is 0 Å². The number of benzene rings is 1. The van der Waals surface area contributed by atoms with Gasteiger partial charge < -0.3 is 0 Å². The third kappa shape index (κ3) is 3.56. The van der Waals surface area contributed by atoms with Crippen molar-refractivity contribution in [1.82, 2.24) is 4.90 Å². The molecular formula is C16H19F3N2. The fraction of sp³-hybridized carbons (Fsp3) is 0.562. The van der Waals surface area contributed by atoms with Crippen molar-refractivity contribution < 1.29 is 13.2 Å². The van der Waals surface area contributed by atoms with Gasteiger partial charge in [0, 0.05) is 6.04 Å². The van der Waals surface area contributed by atoms with Crippen molar-refractivity contribution in [2.24, 2.45) is 0 Å². The smallest absolute Gasteiger partial charge is 0.284 e. The zero-order valence-electron chi connectivity index (χ0n) is 12.0. The molecule has 0 amide bonds. The van der Waals surface area contributed by atoms with Crippen LogP contribution >= 0.6 is 0 Å². The predicted octanol–water partition coefficient (Wildman–Crippen LogP) is 4.53. The van der Waals surface area contributed by atoms with Crippen LogP contribution in [0.1, 0.15) is 49.3 Å². The molecule has 0 bridgehead atoms. The van der Waals surface area contributed by atoms with Gasteiger partial charge in [0.2, 0.25) is 0 Å². The van der Waals surface area contributed by atoms with Gasteiger partial charge in [-0.15, -0.1) is 0 Å². The number of hydrogen-bond acceptors (Lipinski definition) is 2. The van der Waals surface area contributed by atoms with Crippen molar-refractivity contribution in [3.8, 4) is 6.07 Å². The monoisotopic (exact) mass is 296 g/mol. The summed E-state index contributed by atoms with van der Waals surface area (Å²) < 4.78 is 39.4. The summed E-state index contributed by atoms with van der Waals surface area (Å²) in [6.07, 6.45) is 0.785. The topological polar surface area (TPSA) is 27.0 Å². The Morgan fingerprint density at radius 1 is 1.19 bits per heavy atom. The molecule has 2 nitrogen and oxygen atoms in total. The second-order valence-corrected chi connectivity index (χ2v) is 5.57. The molecule has 0 saturated heterocycles. The second-order valence-electron chi connectivity index (χ2n) is 5.57. The standard InChI is InChI=1S/C16H19F3N2/c1-21(12-7-3-2-4-8-12)15(11-20)13-9-5-6-10-14(13)16(17,18)19/h5-6,9-10,12,15H,2-4,7-8H2,1H3. The minimum atomic E-state index is -4.43. The maximum absolute atomic E-state index is 13.1. The van der Waals surface area contributed by atoms with Crippen LogP contribution in [0.15, 0.2) is 24.3 Å². The van der Waals surface area contributed by atoms with Crippen LogP contribution in [0, 0.1) is 11.3 Å². The van der Waals surface area contributed by atoms with Gasteiger partial charge in [-0.25, -0.2) is 0 Å². The van der Waals surface area contributed by atoms with E-state index in [2.05, 4.69) is 6.07 Å². The number of nitrogens with zero attached hydrogens (tertiary/aromatic N) is 2. The molecule has 0 spiro atoms. The first-order valence-electron chi connectivity index (χ1n) is 7.23. The average molecular weight is 296 g/mol. The largest absolute Gasteiger partial charge is 0.416 e. The first-order chi connectivity index (χ1) is 9.95. The van der Waals surface area contributed by atoms with E-state index in [-0.39, 0.29) is 11.6 Å². The molecule has 0 aromatic heterocycles. The first-order valence-corrected chi connectivity index (χ1v) is 7.23. The van der Waals surface area contributed by atoms with Crippen LogP contribution in [0.25, 0.3) is 0 Å². The summed E-state index contributed by atoms with van der Waals surface area (Å²) >= 11 is 0. The summed E-state index contributed by atoms with van der Waals surface area (Å²) in [6, 6.07) is 6.77. The van der Waals surface area contributed by atoms with Gasteiger partial charge in [-0.05, 0) is 31.5 Å². The van der Waals surface area contributed by atoms with E-state index in [0.717, 1.165) is 31.7 Å². The average Bonchev–Trinajstić information content (AvgIpc) is 2.48. The van der Waals surface area contributed by atoms with Gasteiger partial charge in [-0.3, -0.25) is 4.90 Å². The van der Waals surface area contributed by atoms with E-state index in [9.17, 15) is 18.4 Å². The minimum absolute atomic E-state index is 0.0561. The highest BCUT2D eigenvalue weighted by molar-refractivity contribution is 5.35. The van der Waals surface area contributed by atoms with Crippen molar-refractivity contribution in [2.45, 2.75) is 50.4 Å². The molecule has 1 fully saturated rings. The summed E-state index contributed by atoms with van der Waals surface area (Å²) in [6.45, 7) is 0. The van der Waals surface area contributed by atoms with Gasteiger partial charge in [-0.2, -0.15) is 18.4 Å². The molecule has 1 aromatic carbocycles. The SMILES string of the molecule is CN(C1CCCCC1)C(C#N)c1ccccc1C(F)(F)F. The van der Waals surface area contributed by atoms with E-state index >= 15 is 0 Å². The Morgan fingerprint density at radius 2 is 1.81 bits per heavy atom.